The summed E-state index contributed by atoms with van der Waals surface area (Å²) < 4.78 is 0. The van der Waals surface area contributed by atoms with Gasteiger partial charge in [-0.25, -0.2) is 0 Å². The third-order valence-electron chi connectivity index (χ3n) is 3.00. The van der Waals surface area contributed by atoms with Crippen molar-refractivity contribution >= 4 is 11.9 Å². The molecule has 0 bridgehead atoms. The number of hydrogen-bond acceptors (Lipinski definition) is 5. The van der Waals surface area contributed by atoms with Crippen LogP contribution < -0.4 is 5.32 Å². The van der Waals surface area contributed by atoms with E-state index in [1.165, 1.54) is 0 Å². The number of benzene rings is 1. The molecule has 1 heterocycles. The first-order valence-electron chi connectivity index (χ1n) is 6.25. The summed E-state index contributed by atoms with van der Waals surface area (Å²) in [4.78, 5) is 23.1. The zero-order chi connectivity index (χ0) is 15.5. The number of nitrogens with zero attached hydrogens (tertiary/aromatic N) is 3. The molecule has 0 spiro atoms. The SMILES string of the molecule is CC(C)(CNC(=O)c1cccc(-c2nn[nH]n2)c1)C(=O)O. The molecular formula is C13H15N5O3. The first kappa shape index (κ1) is 14.6. The average molecular weight is 289 g/mol. The largest absolute Gasteiger partial charge is 0.481 e. The fourth-order valence-corrected chi connectivity index (χ4v) is 1.56. The molecule has 1 aromatic heterocycles. The van der Waals surface area contributed by atoms with Gasteiger partial charge in [0.05, 0.1) is 5.41 Å². The first-order chi connectivity index (χ1) is 9.90. The Kier molecular flexibility index (Phi) is 3.97. The van der Waals surface area contributed by atoms with Crippen molar-refractivity contribution in [3.63, 3.8) is 0 Å². The van der Waals surface area contributed by atoms with Crippen molar-refractivity contribution in [2.24, 2.45) is 5.41 Å². The van der Waals surface area contributed by atoms with Gasteiger partial charge in [0.25, 0.3) is 5.91 Å². The van der Waals surface area contributed by atoms with Crippen LogP contribution in [0.5, 0.6) is 0 Å². The van der Waals surface area contributed by atoms with E-state index < -0.39 is 11.4 Å². The summed E-state index contributed by atoms with van der Waals surface area (Å²) >= 11 is 0. The van der Waals surface area contributed by atoms with E-state index >= 15 is 0 Å². The number of amides is 1. The number of aromatic nitrogens is 4. The highest BCUT2D eigenvalue weighted by atomic mass is 16.4. The second-order valence-electron chi connectivity index (χ2n) is 5.19. The summed E-state index contributed by atoms with van der Waals surface area (Å²) in [7, 11) is 0. The maximum absolute atomic E-state index is 12.1. The number of tetrazole rings is 1. The quantitative estimate of drug-likeness (QED) is 0.745. The highest BCUT2D eigenvalue weighted by Gasteiger charge is 2.27. The fourth-order valence-electron chi connectivity index (χ4n) is 1.56. The predicted octanol–water partition coefficient (Wildman–Crippen LogP) is 0.707. The van der Waals surface area contributed by atoms with Crippen molar-refractivity contribution in [1.29, 1.82) is 0 Å². The Morgan fingerprint density at radius 3 is 2.76 bits per heavy atom. The van der Waals surface area contributed by atoms with Gasteiger partial charge in [-0.05, 0) is 31.2 Å². The average Bonchev–Trinajstić information content (AvgIpc) is 2.99. The Hall–Kier alpha value is -2.77. The molecule has 0 aliphatic carbocycles. The maximum Gasteiger partial charge on any atom is 0.310 e. The molecule has 0 aliphatic heterocycles. The number of rotatable bonds is 5. The molecule has 0 saturated heterocycles. The summed E-state index contributed by atoms with van der Waals surface area (Å²) in [5.74, 6) is -0.937. The molecule has 8 heteroatoms. The van der Waals surface area contributed by atoms with E-state index in [4.69, 9.17) is 5.11 Å². The monoisotopic (exact) mass is 289 g/mol. The summed E-state index contributed by atoms with van der Waals surface area (Å²) in [5, 5.41) is 25.1. The van der Waals surface area contributed by atoms with Gasteiger partial charge < -0.3 is 10.4 Å². The third kappa shape index (κ3) is 3.41. The van der Waals surface area contributed by atoms with E-state index in [0.717, 1.165) is 0 Å². The van der Waals surface area contributed by atoms with Crippen LogP contribution in [0, 0.1) is 5.41 Å². The van der Waals surface area contributed by atoms with Crippen molar-refractivity contribution in [3.8, 4) is 11.4 Å². The Morgan fingerprint density at radius 2 is 2.14 bits per heavy atom. The lowest BCUT2D eigenvalue weighted by Crippen LogP contribution is -2.38. The van der Waals surface area contributed by atoms with Crippen LogP contribution in [0.1, 0.15) is 24.2 Å². The van der Waals surface area contributed by atoms with Crippen LogP contribution in [0.15, 0.2) is 24.3 Å². The number of H-pyrrole nitrogens is 1. The Labute approximate surface area is 120 Å². The highest BCUT2D eigenvalue weighted by molar-refractivity contribution is 5.95. The van der Waals surface area contributed by atoms with Crippen molar-refractivity contribution in [2.75, 3.05) is 6.54 Å². The van der Waals surface area contributed by atoms with Crippen LogP contribution in [-0.2, 0) is 4.79 Å². The van der Waals surface area contributed by atoms with E-state index in [2.05, 4.69) is 25.9 Å². The molecule has 2 rings (SSSR count). The van der Waals surface area contributed by atoms with Crippen LogP contribution in [0.2, 0.25) is 0 Å². The standard InChI is InChI=1S/C13H15N5O3/c1-13(2,12(20)21)7-14-11(19)9-5-3-4-8(6-9)10-15-17-18-16-10/h3-6H,7H2,1-2H3,(H,14,19)(H,20,21)(H,15,16,17,18). The van der Waals surface area contributed by atoms with Gasteiger partial charge in [-0.1, -0.05) is 12.1 Å². The Morgan fingerprint density at radius 1 is 1.38 bits per heavy atom. The van der Waals surface area contributed by atoms with Crippen LogP contribution in [0.4, 0.5) is 0 Å². The van der Waals surface area contributed by atoms with Gasteiger partial charge in [0.15, 0.2) is 0 Å². The molecular weight excluding hydrogens is 274 g/mol. The number of nitrogens with one attached hydrogen (secondary N) is 2. The predicted molar refractivity (Wildman–Crippen MR) is 73.4 cm³/mol. The smallest absolute Gasteiger partial charge is 0.310 e. The van der Waals surface area contributed by atoms with Gasteiger partial charge in [-0.2, -0.15) is 5.21 Å². The van der Waals surface area contributed by atoms with E-state index in [-0.39, 0.29) is 12.5 Å². The number of aliphatic carboxylic acids is 1. The molecule has 21 heavy (non-hydrogen) atoms. The number of carbonyl (C=O) groups is 2. The van der Waals surface area contributed by atoms with Crippen molar-refractivity contribution < 1.29 is 14.7 Å². The fraction of sp³-hybridized carbons (Fsp3) is 0.308. The van der Waals surface area contributed by atoms with Gasteiger partial charge in [0.2, 0.25) is 5.82 Å². The number of aromatic amines is 1. The van der Waals surface area contributed by atoms with Crippen LogP contribution in [-0.4, -0.2) is 44.2 Å². The lowest BCUT2D eigenvalue weighted by Gasteiger charge is -2.19. The van der Waals surface area contributed by atoms with Crippen molar-refractivity contribution in [3.05, 3.63) is 29.8 Å². The third-order valence-corrected chi connectivity index (χ3v) is 3.00. The van der Waals surface area contributed by atoms with E-state index in [1.54, 1.807) is 38.1 Å². The molecule has 8 nitrogen and oxygen atoms in total. The molecule has 0 saturated carbocycles. The molecule has 2 aromatic rings. The van der Waals surface area contributed by atoms with Gasteiger partial charge in [0, 0.05) is 17.7 Å². The topological polar surface area (TPSA) is 121 Å². The second-order valence-corrected chi connectivity index (χ2v) is 5.19. The molecule has 0 unspecified atom stereocenters. The number of carboxylic acid groups (broad SMARTS) is 1. The first-order valence-corrected chi connectivity index (χ1v) is 6.25. The van der Waals surface area contributed by atoms with Crippen molar-refractivity contribution in [1.82, 2.24) is 25.9 Å². The molecule has 3 N–H and O–H groups in total. The zero-order valence-corrected chi connectivity index (χ0v) is 11.6. The minimum Gasteiger partial charge on any atom is -0.481 e. The lowest BCUT2D eigenvalue weighted by atomic mass is 9.94. The number of carboxylic acids is 1. The van der Waals surface area contributed by atoms with Gasteiger partial charge >= 0.3 is 5.97 Å². The minimum atomic E-state index is -1.03. The minimum absolute atomic E-state index is 0.0353. The summed E-state index contributed by atoms with van der Waals surface area (Å²) in [6.45, 7) is 3.13. The van der Waals surface area contributed by atoms with Crippen molar-refractivity contribution in [2.45, 2.75) is 13.8 Å². The van der Waals surface area contributed by atoms with Gasteiger partial charge in [0.1, 0.15) is 0 Å². The number of carbonyl (C=O) groups excluding carboxylic acids is 1. The molecule has 110 valence electrons. The van der Waals surface area contributed by atoms with E-state index in [1.807, 2.05) is 0 Å². The maximum atomic E-state index is 12.1. The Bertz CT molecular complexity index is 652. The van der Waals surface area contributed by atoms with E-state index in [0.29, 0.717) is 17.0 Å². The molecule has 0 radical (unpaired) electrons. The summed E-state index contributed by atoms with van der Waals surface area (Å²) in [6, 6.07) is 6.70. The summed E-state index contributed by atoms with van der Waals surface area (Å²) in [5.41, 5.74) is 0.0217. The molecule has 0 fully saturated rings. The van der Waals surface area contributed by atoms with E-state index in [9.17, 15) is 9.59 Å². The van der Waals surface area contributed by atoms with Crippen LogP contribution in [0.25, 0.3) is 11.4 Å². The number of hydrogen-bond donors (Lipinski definition) is 3. The summed E-state index contributed by atoms with van der Waals surface area (Å²) in [6.07, 6.45) is 0. The molecule has 1 amide bonds. The molecule has 0 aliphatic rings. The lowest BCUT2D eigenvalue weighted by molar-refractivity contribution is -0.146. The molecule has 1 aromatic carbocycles. The van der Waals surface area contributed by atoms with Crippen LogP contribution >= 0.6 is 0 Å². The van der Waals surface area contributed by atoms with Gasteiger partial charge in [-0.3, -0.25) is 9.59 Å². The normalized spacial score (nSPS) is 11.1. The highest BCUT2D eigenvalue weighted by Crippen LogP contribution is 2.16. The molecule has 0 atom stereocenters. The zero-order valence-electron chi connectivity index (χ0n) is 11.6. The Balaban J connectivity index is 2.10. The van der Waals surface area contributed by atoms with Gasteiger partial charge in [-0.15, -0.1) is 10.2 Å². The van der Waals surface area contributed by atoms with Crippen LogP contribution in [0.3, 0.4) is 0 Å². The second kappa shape index (κ2) is 5.70.